The van der Waals surface area contributed by atoms with Crippen LogP contribution in [-0.2, 0) is 6.54 Å². The minimum Gasteiger partial charge on any atom is -0.301 e. The first kappa shape index (κ1) is 11.4. The highest BCUT2D eigenvalue weighted by Crippen LogP contribution is 2.10. The third-order valence-electron chi connectivity index (χ3n) is 1.90. The Morgan fingerprint density at radius 1 is 1.29 bits per heavy atom. The zero-order valence-corrected chi connectivity index (χ0v) is 8.69. The normalized spacial score (nSPS) is 10.9. The molecule has 1 rings (SSSR count). The van der Waals surface area contributed by atoms with Crippen molar-refractivity contribution in [3.05, 3.63) is 35.4 Å². The quantitative estimate of drug-likeness (QED) is 0.704. The third kappa shape index (κ3) is 3.24. The van der Waals surface area contributed by atoms with Gasteiger partial charge >= 0.3 is 0 Å². The molecule has 0 spiro atoms. The summed E-state index contributed by atoms with van der Waals surface area (Å²) in [6, 6.07) is 3.92. The molecule has 0 fully saturated rings. The number of nitrogens with zero attached hydrogens (tertiary/aromatic N) is 1. The van der Waals surface area contributed by atoms with Crippen LogP contribution in [-0.4, -0.2) is 24.4 Å². The van der Waals surface area contributed by atoms with E-state index in [1.54, 1.807) is 6.07 Å². The molecule has 0 radical (unpaired) electrons. The van der Waals surface area contributed by atoms with E-state index in [0.29, 0.717) is 12.4 Å². The summed E-state index contributed by atoms with van der Waals surface area (Å²) in [5.41, 5.74) is 0.747. The van der Waals surface area contributed by atoms with Gasteiger partial charge in [0, 0.05) is 19.0 Å². The van der Waals surface area contributed by atoms with E-state index in [9.17, 15) is 8.78 Å². The summed E-state index contributed by atoms with van der Waals surface area (Å²) in [7, 11) is 1.88. The third-order valence-corrected chi connectivity index (χ3v) is 2.07. The molecule has 1 aromatic carbocycles. The van der Waals surface area contributed by atoms with Gasteiger partial charge in [0.05, 0.1) is 0 Å². The lowest BCUT2D eigenvalue weighted by Gasteiger charge is -2.14. The Balaban J connectivity index is 2.63. The molecule has 0 heterocycles. The highest BCUT2D eigenvalue weighted by atomic mass is 35.5. The average Bonchev–Trinajstić information content (AvgIpc) is 2.12. The van der Waals surface area contributed by atoms with Gasteiger partial charge in [0.15, 0.2) is 11.6 Å². The Morgan fingerprint density at radius 2 is 2.00 bits per heavy atom. The number of hydrogen-bond acceptors (Lipinski definition) is 1. The number of benzene rings is 1. The second-order valence-electron chi connectivity index (χ2n) is 3.18. The average molecular weight is 220 g/mol. The van der Waals surface area contributed by atoms with Crippen LogP contribution in [0.2, 0.25) is 0 Å². The molecule has 0 aliphatic heterocycles. The maximum atomic E-state index is 12.8. The molecule has 0 aliphatic carbocycles. The predicted octanol–water partition coefficient (Wildman–Crippen LogP) is 2.64. The molecule has 0 unspecified atom stereocenters. The summed E-state index contributed by atoms with van der Waals surface area (Å²) in [6.45, 7) is 1.30. The Morgan fingerprint density at radius 3 is 2.57 bits per heavy atom. The van der Waals surface area contributed by atoms with Gasteiger partial charge in [0.2, 0.25) is 0 Å². The van der Waals surface area contributed by atoms with Crippen LogP contribution in [0.5, 0.6) is 0 Å². The van der Waals surface area contributed by atoms with Crippen molar-refractivity contribution in [2.75, 3.05) is 19.5 Å². The van der Waals surface area contributed by atoms with Crippen LogP contribution in [0.1, 0.15) is 5.56 Å². The molecule has 1 nitrogen and oxygen atoms in total. The topological polar surface area (TPSA) is 3.24 Å². The summed E-state index contributed by atoms with van der Waals surface area (Å²) in [4.78, 5) is 1.94. The van der Waals surface area contributed by atoms with E-state index < -0.39 is 11.6 Å². The maximum Gasteiger partial charge on any atom is 0.159 e. The SMILES string of the molecule is CN(CCCl)Cc1ccc(F)c(F)c1. The summed E-state index contributed by atoms with van der Waals surface area (Å²) >= 11 is 5.54. The molecule has 0 aliphatic rings. The lowest BCUT2D eigenvalue weighted by Crippen LogP contribution is -2.20. The van der Waals surface area contributed by atoms with E-state index in [1.807, 2.05) is 11.9 Å². The van der Waals surface area contributed by atoms with Gasteiger partial charge in [-0.25, -0.2) is 8.78 Å². The van der Waals surface area contributed by atoms with Crippen LogP contribution in [0.15, 0.2) is 18.2 Å². The van der Waals surface area contributed by atoms with E-state index >= 15 is 0 Å². The fourth-order valence-electron chi connectivity index (χ4n) is 1.17. The lowest BCUT2D eigenvalue weighted by molar-refractivity contribution is 0.346. The minimum atomic E-state index is -0.811. The second-order valence-corrected chi connectivity index (χ2v) is 3.55. The van der Waals surface area contributed by atoms with Gasteiger partial charge in [-0.05, 0) is 24.7 Å². The second kappa shape index (κ2) is 5.27. The molecule has 4 heteroatoms. The summed E-state index contributed by atoms with van der Waals surface area (Å²) in [6.07, 6.45) is 0. The van der Waals surface area contributed by atoms with Crippen LogP contribution < -0.4 is 0 Å². The van der Waals surface area contributed by atoms with E-state index in [0.717, 1.165) is 18.2 Å². The number of hydrogen-bond donors (Lipinski definition) is 0. The first-order valence-electron chi connectivity index (χ1n) is 4.32. The van der Waals surface area contributed by atoms with Gasteiger partial charge in [-0.15, -0.1) is 11.6 Å². The Hall–Kier alpha value is -0.670. The maximum absolute atomic E-state index is 12.8. The molecule has 0 amide bonds. The van der Waals surface area contributed by atoms with E-state index in [2.05, 4.69) is 0 Å². The number of rotatable bonds is 4. The molecule has 0 N–H and O–H groups in total. The fraction of sp³-hybridized carbons (Fsp3) is 0.400. The van der Waals surface area contributed by atoms with Gasteiger partial charge in [0.1, 0.15) is 0 Å². The van der Waals surface area contributed by atoms with Crippen LogP contribution in [0.3, 0.4) is 0 Å². The van der Waals surface area contributed by atoms with Crippen LogP contribution in [0.25, 0.3) is 0 Å². The van der Waals surface area contributed by atoms with Crippen molar-refractivity contribution in [1.82, 2.24) is 4.90 Å². The molecule has 14 heavy (non-hydrogen) atoms. The van der Waals surface area contributed by atoms with Crippen molar-refractivity contribution in [3.8, 4) is 0 Å². The smallest absolute Gasteiger partial charge is 0.159 e. The predicted molar refractivity (Wildman–Crippen MR) is 53.4 cm³/mol. The molecule has 0 atom stereocenters. The lowest BCUT2D eigenvalue weighted by atomic mass is 10.2. The van der Waals surface area contributed by atoms with Crippen LogP contribution in [0.4, 0.5) is 8.78 Å². The number of alkyl halides is 1. The van der Waals surface area contributed by atoms with Gasteiger partial charge in [0.25, 0.3) is 0 Å². The Bertz CT molecular complexity index is 304. The molecular formula is C10H12ClF2N. The van der Waals surface area contributed by atoms with Gasteiger partial charge in [-0.1, -0.05) is 6.07 Å². The highest BCUT2D eigenvalue weighted by Gasteiger charge is 2.04. The zero-order chi connectivity index (χ0) is 10.6. The van der Waals surface area contributed by atoms with Gasteiger partial charge in [-0.3, -0.25) is 0 Å². The van der Waals surface area contributed by atoms with Crippen molar-refractivity contribution in [2.24, 2.45) is 0 Å². The zero-order valence-electron chi connectivity index (χ0n) is 7.93. The van der Waals surface area contributed by atoms with Crippen LogP contribution in [0, 0.1) is 11.6 Å². The van der Waals surface area contributed by atoms with Crippen molar-refractivity contribution >= 4 is 11.6 Å². The fourth-order valence-corrected chi connectivity index (χ4v) is 1.46. The first-order valence-corrected chi connectivity index (χ1v) is 4.85. The van der Waals surface area contributed by atoms with Gasteiger partial charge in [-0.2, -0.15) is 0 Å². The standard InChI is InChI=1S/C10H12ClF2N/c1-14(5-4-11)7-8-2-3-9(12)10(13)6-8/h2-3,6H,4-5,7H2,1H3. The minimum absolute atomic E-state index is 0.528. The summed E-state index contributed by atoms with van der Waals surface area (Å²) in [5.74, 6) is -1.09. The monoisotopic (exact) mass is 219 g/mol. The molecule has 78 valence electrons. The first-order chi connectivity index (χ1) is 6.63. The summed E-state index contributed by atoms with van der Waals surface area (Å²) < 4.78 is 25.4. The number of halogens is 3. The van der Waals surface area contributed by atoms with E-state index in [1.165, 1.54) is 6.07 Å². The van der Waals surface area contributed by atoms with Crippen molar-refractivity contribution in [3.63, 3.8) is 0 Å². The molecule has 0 bridgehead atoms. The van der Waals surface area contributed by atoms with Crippen LogP contribution >= 0.6 is 11.6 Å². The summed E-state index contributed by atoms with van der Waals surface area (Å²) in [5, 5.41) is 0. The van der Waals surface area contributed by atoms with Gasteiger partial charge < -0.3 is 4.90 Å². The van der Waals surface area contributed by atoms with Crippen molar-refractivity contribution in [1.29, 1.82) is 0 Å². The van der Waals surface area contributed by atoms with E-state index in [4.69, 9.17) is 11.6 Å². The molecule has 0 aromatic heterocycles. The Labute approximate surface area is 87.3 Å². The molecule has 1 aromatic rings. The van der Waals surface area contributed by atoms with E-state index in [-0.39, 0.29) is 0 Å². The molecule has 0 saturated heterocycles. The molecule has 0 saturated carbocycles. The Kier molecular flexibility index (Phi) is 4.29. The highest BCUT2D eigenvalue weighted by molar-refractivity contribution is 6.18. The molecular weight excluding hydrogens is 208 g/mol. The van der Waals surface area contributed by atoms with Crippen molar-refractivity contribution in [2.45, 2.75) is 6.54 Å². The largest absolute Gasteiger partial charge is 0.301 e. The van der Waals surface area contributed by atoms with Crippen molar-refractivity contribution < 1.29 is 8.78 Å².